The van der Waals surface area contributed by atoms with Gasteiger partial charge in [-0.1, -0.05) is 23.4 Å². The number of hydrogen-bond acceptors (Lipinski definition) is 6. The van der Waals surface area contributed by atoms with Gasteiger partial charge in [-0.3, -0.25) is 9.69 Å². The Morgan fingerprint density at radius 2 is 2.18 bits per heavy atom. The summed E-state index contributed by atoms with van der Waals surface area (Å²) in [6.45, 7) is 4.24. The lowest BCUT2D eigenvalue weighted by molar-refractivity contribution is 0.101. The third-order valence-corrected chi connectivity index (χ3v) is 3.79. The van der Waals surface area contributed by atoms with Crippen LogP contribution >= 0.6 is 12.4 Å². The van der Waals surface area contributed by atoms with Crippen LogP contribution in [0, 0.1) is 0 Å². The van der Waals surface area contributed by atoms with E-state index >= 15 is 0 Å². The van der Waals surface area contributed by atoms with E-state index in [4.69, 9.17) is 4.52 Å². The average molecular weight is 323 g/mol. The number of carbonyl (C=O) groups is 1. The van der Waals surface area contributed by atoms with E-state index in [1.54, 1.807) is 6.07 Å². The second-order valence-corrected chi connectivity index (χ2v) is 5.26. The number of Topliss-reactive ketones (excluding diaryl/α,β-unsaturated/α-hetero) is 1. The van der Waals surface area contributed by atoms with E-state index in [1.165, 1.54) is 6.92 Å². The Morgan fingerprint density at radius 3 is 2.91 bits per heavy atom. The van der Waals surface area contributed by atoms with Crippen LogP contribution in [-0.2, 0) is 0 Å². The number of rotatable bonds is 3. The molecule has 1 aromatic carbocycles. The maximum absolute atomic E-state index is 11.7. The minimum absolute atomic E-state index is 0. The average Bonchev–Trinajstić information content (AvgIpc) is 2.97. The molecule has 0 spiro atoms. The molecule has 0 saturated carbocycles. The molecule has 0 amide bonds. The fourth-order valence-corrected chi connectivity index (χ4v) is 2.55. The molecular weight excluding hydrogens is 304 g/mol. The molecule has 1 atom stereocenters. The van der Waals surface area contributed by atoms with Gasteiger partial charge in [0.25, 0.3) is 5.89 Å². The summed E-state index contributed by atoms with van der Waals surface area (Å²) >= 11 is 0. The smallest absolute Gasteiger partial charge is 0.258 e. The minimum atomic E-state index is -0.0122. The van der Waals surface area contributed by atoms with E-state index in [-0.39, 0.29) is 24.2 Å². The Hall–Kier alpha value is -1.76. The first-order valence-corrected chi connectivity index (χ1v) is 7.01. The molecule has 1 aromatic heterocycles. The van der Waals surface area contributed by atoms with E-state index in [9.17, 15) is 4.79 Å². The van der Waals surface area contributed by atoms with Gasteiger partial charge < -0.3 is 9.84 Å². The molecule has 1 fully saturated rings. The summed E-state index contributed by atoms with van der Waals surface area (Å²) in [5, 5.41) is 7.41. The number of nitrogens with one attached hydrogen (secondary N) is 1. The first kappa shape index (κ1) is 16.6. The van der Waals surface area contributed by atoms with Crippen molar-refractivity contribution in [1.82, 2.24) is 20.4 Å². The van der Waals surface area contributed by atoms with Gasteiger partial charge in [0.15, 0.2) is 11.6 Å². The zero-order chi connectivity index (χ0) is 14.8. The minimum Gasteiger partial charge on any atom is -0.334 e. The molecule has 2 aromatic rings. The highest BCUT2D eigenvalue weighted by Gasteiger charge is 2.26. The molecule has 0 radical (unpaired) electrons. The normalized spacial score (nSPS) is 18.7. The van der Waals surface area contributed by atoms with Gasteiger partial charge in [0.1, 0.15) is 0 Å². The number of ketones is 1. The van der Waals surface area contributed by atoms with E-state index in [0.717, 1.165) is 19.6 Å². The fraction of sp³-hybridized carbons (Fsp3) is 0.400. The van der Waals surface area contributed by atoms with Crippen molar-refractivity contribution < 1.29 is 9.32 Å². The SMILES string of the molecule is CC(=O)c1ccccc1-c1nc(C2CNCCN2C)no1.Cl. The van der Waals surface area contributed by atoms with Crippen LogP contribution in [0.5, 0.6) is 0 Å². The third kappa shape index (κ3) is 3.19. The summed E-state index contributed by atoms with van der Waals surface area (Å²) in [7, 11) is 2.05. The zero-order valence-corrected chi connectivity index (χ0v) is 13.4. The Balaban J connectivity index is 0.00000176. The van der Waals surface area contributed by atoms with Crippen molar-refractivity contribution >= 4 is 18.2 Å². The van der Waals surface area contributed by atoms with Crippen LogP contribution in [0.2, 0.25) is 0 Å². The summed E-state index contributed by atoms with van der Waals surface area (Å²) in [6, 6.07) is 7.39. The number of benzene rings is 1. The predicted octanol–water partition coefficient (Wildman–Crippen LogP) is 1.94. The van der Waals surface area contributed by atoms with Crippen molar-refractivity contribution in [1.29, 1.82) is 0 Å². The van der Waals surface area contributed by atoms with Crippen LogP contribution in [0.25, 0.3) is 11.5 Å². The lowest BCUT2D eigenvalue weighted by Gasteiger charge is -2.30. The number of piperazine rings is 1. The number of carbonyl (C=O) groups excluding carboxylic acids is 1. The van der Waals surface area contributed by atoms with Gasteiger partial charge in [0.2, 0.25) is 0 Å². The summed E-state index contributed by atoms with van der Waals surface area (Å²) in [6.07, 6.45) is 0. The molecule has 2 heterocycles. The van der Waals surface area contributed by atoms with Gasteiger partial charge in [-0.25, -0.2) is 0 Å². The first-order valence-electron chi connectivity index (χ1n) is 7.01. The van der Waals surface area contributed by atoms with Gasteiger partial charge in [-0.2, -0.15) is 4.98 Å². The second-order valence-electron chi connectivity index (χ2n) is 5.26. The summed E-state index contributed by atoms with van der Waals surface area (Å²) in [5.41, 5.74) is 1.29. The molecule has 0 bridgehead atoms. The number of aromatic nitrogens is 2. The molecule has 0 aliphatic carbocycles. The van der Waals surface area contributed by atoms with Gasteiger partial charge in [0, 0.05) is 25.2 Å². The Kier molecular flexibility index (Phi) is 5.28. The Bertz CT molecular complexity index is 658. The lowest BCUT2D eigenvalue weighted by Crippen LogP contribution is -2.44. The highest BCUT2D eigenvalue weighted by Crippen LogP contribution is 2.25. The van der Waals surface area contributed by atoms with E-state index in [1.807, 2.05) is 25.2 Å². The molecule has 1 aliphatic heterocycles. The molecule has 1 unspecified atom stereocenters. The number of likely N-dealkylation sites (N-methyl/N-ethyl adjacent to an activating group) is 1. The topological polar surface area (TPSA) is 71.3 Å². The molecule has 7 heteroatoms. The van der Waals surface area contributed by atoms with E-state index in [0.29, 0.717) is 22.8 Å². The molecular formula is C15H19ClN4O2. The van der Waals surface area contributed by atoms with Crippen LogP contribution in [-0.4, -0.2) is 47.5 Å². The molecule has 1 N–H and O–H groups in total. The quantitative estimate of drug-likeness (QED) is 0.871. The van der Waals surface area contributed by atoms with Crippen molar-refractivity contribution in [3.63, 3.8) is 0 Å². The standard InChI is InChI=1S/C15H18N4O2.ClH/c1-10(20)11-5-3-4-6-12(11)15-17-14(18-21-15)13-9-16-7-8-19(13)2;/h3-6,13,16H,7-9H2,1-2H3;1H. The van der Waals surface area contributed by atoms with Gasteiger partial charge in [-0.05, 0) is 20.0 Å². The number of hydrogen-bond donors (Lipinski definition) is 1. The number of halogens is 1. The van der Waals surface area contributed by atoms with Crippen LogP contribution in [0.4, 0.5) is 0 Å². The van der Waals surface area contributed by atoms with Gasteiger partial charge in [-0.15, -0.1) is 12.4 Å². The van der Waals surface area contributed by atoms with Crippen molar-refractivity contribution in [2.24, 2.45) is 0 Å². The maximum Gasteiger partial charge on any atom is 0.258 e. The van der Waals surface area contributed by atoms with Crippen LogP contribution in [0.1, 0.15) is 29.1 Å². The first-order chi connectivity index (χ1) is 10.2. The van der Waals surface area contributed by atoms with Crippen LogP contribution in [0.15, 0.2) is 28.8 Å². The highest BCUT2D eigenvalue weighted by molar-refractivity contribution is 5.99. The molecule has 118 valence electrons. The van der Waals surface area contributed by atoms with Gasteiger partial charge >= 0.3 is 0 Å². The van der Waals surface area contributed by atoms with Crippen LogP contribution < -0.4 is 5.32 Å². The summed E-state index contributed by atoms with van der Waals surface area (Å²) < 4.78 is 5.38. The van der Waals surface area contributed by atoms with Crippen LogP contribution in [0.3, 0.4) is 0 Å². The second kappa shape index (κ2) is 7.00. The maximum atomic E-state index is 11.7. The lowest BCUT2D eigenvalue weighted by atomic mass is 10.0. The molecule has 1 saturated heterocycles. The van der Waals surface area contributed by atoms with Crippen molar-refractivity contribution in [2.75, 3.05) is 26.7 Å². The van der Waals surface area contributed by atoms with Crippen molar-refractivity contribution in [3.05, 3.63) is 35.7 Å². The van der Waals surface area contributed by atoms with Crippen molar-refractivity contribution in [3.8, 4) is 11.5 Å². The molecule has 22 heavy (non-hydrogen) atoms. The van der Waals surface area contributed by atoms with E-state index in [2.05, 4.69) is 20.4 Å². The predicted molar refractivity (Wildman–Crippen MR) is 85.2 cm³/mol. The van der Waals surface area contributed by atoms with E-state index < -0.39 is 0 Å². The monoisotopic (exact) mass is 322 g/mol. The Labute approximate surface area is 135 Å². The third-order valence-electron chi connectivity index (χ3n) is 3.79. The van der Waals surface area contributed by atoms with Crippen molar-refractivity contribution in [2.45, 2.75) is 13.0 Å². The molecule has 1 aliphatic rings. The molecule has 6 nitrogen and oxygen atoms in total. The van der Waals surface area contributed by atoms with Gasteiger partial charge in [0.05, 0.1) is 11.6 Å². The highest BCUT2D eigenvalue weighted by atomic mass is 35.5. The summed E-state index contributed by atoms with van der Waals surface area (Å²) in [4.78, 5) is 18.4. The zero-order valence-electron chi connectivity index (χ0n) is 12.6. The summed E-state index contributed by atoms with van der Waals surface area (Å²) in [5.74, 6) is 1.04. The number of nitrogens with zero attached hydrogens (tertiary/aromatic N) is 3. The fourth-order valence-electron chi connectivity index (χ4n) is 2.55. The molecule has 3 rings (SSSR count). The largest absolute Gasteiger partial charge is 0.334 e. The Morgan fingerprint density at radius 1 is 1.41 bits per heavy atom.